The van der Waals surface area contributed by atoms with Gasteiger partial charge in [0.15, 0.2) is 0 Å². The lowest BCUT2D eigenvalue weighted by atomic mass is 10.1. The van der Waals surface area contributed by atoms with Gasteiger partial charge >= 0.3 is 0 Å². The number of furan rings is 1. The van der Waals surface area contributed by atoms with Crippen molar-refractivity contribution >= 4 is 26.9 Å². The summed E-state index contributed by atoms with van der Waals surface area (Å²) in [6.45, 7) is 4.01. The topological polar surface area (TPSA) is 39.2 Å². The van der Waals surface area contributed by atoms with Crippen LogP contribution in [-0.4, -0.2) is 4.98 Å². The minimum Gasteiger partial charge on any atom is -0.461 e. The van der Waals surface area contributed by atoms with Crippen molar-refractivity contribution in [3.63, 3.8) is 0 Å². The maximum Gasteiger partial charge on any atom is 0.226 e. The minimum atomic E-state index is 0.619. The van der Waals surface area contributed by atoms with E-state index in [1.54, 1.807) is 0 Å². The molecule has 4 heteroatoms. The van der Waals surface area contributed by atoms with E-state index < -0.39 is 0 Å². The van der Waals surface area contributed by atoms with Crippen molar-refractivity contribution in [2.24, 2.45) is 0 Å². The Morgan fingerprint density at radius 1 is 1.00 bits per heavy atom. The van der Waals surface area contributed by atoms with Crippen LogP contribution >= 0.6 is 15.9 Å². The van der Waals surface area contributed by atoms with E-state index >= 15 is 0 Å². The summed E-state index contributed by atoms with van der Waals surface area (Å²) >= 11 is 3.49. The minimum absolute atomic E-state index is 0.619. The van der Waals surface area contributed by atoms with Crippen LogP contribution in [0.25, 0.3) is 22.4 Å². The van der Waals surface area contributed by atoms with Gasteiger partial charge in [0.2, 0.25) is 5.89 Å². The molecule has 24 heavy (non-hydrogen) atoms. The summed E-state index contributed by atoms with van der Waals surface area (Å²) < 4.78 is 12.8. The van der Waals surface area contributed by atoms with Gasteiger partial charge in [0.25, 0.3) is 0 Å². The molecular formula is C20H16BrNO2. The Kier molecular flexibility index (Phi) is 3.77. The molecule has 4 rings (SSSR count). The molecule has 3 nitrogen and oxygen atoms in total. The number of oxazole rings is 1. The maximum absolute atomic E-state index is 5.91. The Morgan fingerprint density at radius 2 is 1.88 bits per heavy atom. The average molecular weight is 382 g/mol. The largest absolute Gasteiger partial charge is 0.461 e. The smallest absolute Gasteiger partial charge is 0.226 e. The first kappa shape index (κ1) is 15.2. The van der Waals surface area contributed by atoms with E-state index in [1.165, 1.54) is 5.56 Å². The van der Waals surface area contributed by atoms with Crippen LogP contribution in [-0.2, 0) is 6.42 Å². The van der Waals surface area contributed by atoms with Crippen LogP contribution in [0.1, 0.15) is 22.8 Å². The highest BCUT2D eigenvalue weighted by molar-refractivity contribution is 9.10. The zero-order chi connectivity index (χ0) is 16.7. The van der Waals surface area contributed by atoms with Crippen molar-refractivity contribution in [3.05, 3.63) is 75.8 Å². The van der Waals surface area contributed by atoms with Gasteiger partial charge in [-0.15, -0.1) is 0 Å². The Labute approximate surface area is 148 Å². The fraction of sp³-hybridized carbons (Fsp3) is 0.150. The molecule has 0 aliphatic heterocycles. The molecule has 0 saturated heterocycles. The van der Waals surface area contributed by atoms with Crippen molar-refractivity contribution in [1.82, 2.24) is 4.98 Å². The van der Waals surface area contributed by atoms with E-state index in [1.807, 2.05) is 31.2 Å². The first-order valence-corrected chi connectivity index (χ1v) is 8.59. The summed E-state index contributed by atoms with van der Waals surface area (Å²) in [5, 5.41) is 1.08. The van der Waals surface area contributed by atoms with Crippen LogP contribution in [0.5, 0.6) is 0 Å². The van der Waals surface area contributed by atoms with Gasteiger partial charge in [-0.25, -0.2) is 4.98 Å². The van der Waals surface area contributed by atoms with Crippen LogP contribution < -0.4 is 0 Å². The average Bonchev–Trinajstić information content (AvgIpc) is 3.11. The number of aromatic nitrogens is 1. The molecule has 0 saturated carbocycles. The lowest BCUT2D eigenvalue weighted by molar-refractivity contribution is 0.533. The molecule has 0 aliphatic carbocycles. The zero-order valence-corrected chi connectivity index (χ0v) is 15.1. The summed E-state index contributed by atoms with van der Waals surface area (Å²) in [5.41, 5.74) is 3.98. The summed E-state index contributed by atoms with van der Waals surface area (Å²) in [6, 6.07) is 16.2. The number of benzene rings is 2. The van der Waals surface area contributed by atoms with E-state index in [2.05, 4.69) is 52.1 Å². The number of fused-ring (bicyclic) bond motifs is 1. The third-order valence-corrected chi connectivity index (χ3v) is 4.52. The van der Waals surface area contributed by atoms with Crippen LogP contribution in [0.3, 0.4) is 0 Å². The lowest BCUT2D eigenvalue weighted by Crippen LogP contribution is -1.88. The summed E-state index contributed by atoms with van der Waals surface area (Å²) in [7, 11) is 0. The molecule has 120 valence electrons. The summed E-state index contributed by atoms with van der Waals surface area (Å²) in [5.74, 6) is 2.37. The molecule has 2 aromatic carbocycles. The third-order valence-electron chi connectivity index (χ3n) is 4.03. The Hall–Kier alpha value is -2.33. The van der Waals surface area contributed by atoms with E-state index in [4.69, 9.17) is 8.83 Å². The fourth-order valence-corrected chi connectivity index (χ4v) is 3.19. The Morgan fingerprint density at radius 3 is 2.71 bits per heavy atom. The second-order valence-electron chi connectivity index (χ2n) is 5.96. The molecule has 0 N–H and O–H groups in total. The lowest BCUT2D eigenvalue weighted by Gasteiger charge is -1.96. The standard InChI is InChI=1S/C20H16BrNO2/c1-12-4-3-5-14(8-12)20-22-18(13(2)23-20)11-17-10-15-9-16(21)6-7-19(15)24-17/h3-10H,11H2,1-2H3. The second-order valence-corrected chi connectivity index (χ2v) is 6.88. The SMILES string of the molecule is Cc1cccc(-c2nc(Cc3cc4cc(Br)ccc4o3)c(C)o2)c1. The van der Waals surface area contributed by atoms with Crippen LogP contribution in [0.15, 0.2) is 61.8 Å². The van der Waals surface area contributed by atoms with Gasteiger partial charge in [0, 0.05) is 15.4 Å². The molecule has 0 atom stereocenters. The van der Waals surface area contributed by atoms with Gasteiger partial charge in [-0.3, -0.25) is 0 Å². The van der Waals surface area contributed by atoms with Crippen LogP contribution in [0.4, 0.5) is 0 Å². The number of rotatable bonds is 3. The molecule has 0 fully saturated rings. The van der Waals surface area contributed by atoms with E-state index in [9.17, 15) is 0 Å². The number of aryl methyl sites for hydroxylation is 2. The zero-order valence-electron chi connectivity index (χ0n) is 13.5. The van der Waals surface area contributed by atoms with Crippen molar-refractivity contribution in [2.45, 2.75) is 20.3 Å². The number of nitrogens with zero attached hydrogens (tertiary/aromatic N) is 1. The van der Waals surface area contributed by atoms with Crippen molar-refractivity contribution in [1.29, 1.82) is 0 Å². The molecule has 0 amide bonds. The summed E-state index contributed by atoms with van der Waals surface area (Å²) in [4.78, 5) is 4.67. The molecule has 0 bridgehead atoms. The normalized spacial score (nSPS) is 11.3. The first-order valence-electron chi connectivity index (χ1n) is 7.80. The van der Waals surface area contributed by atoms with Gasteiger partial charge in [0.05, 0.1) is 12.1 Å². The molecule has 0 spiro atoms. The van der Waals surface area contributed by atoms with Crippen molar-refractivity contribution in [2.75, 3.05) is 0 Å². The predicted molar refractivity (Wildman–Crippen MR) is 98.1 cm³/mol. The molecule has 0 aliphatic rings. The predicted octanol–water partition coefficient (Wildman–Crippen LogP) is 6.06. The van der Waals surface area contributed by atoms with Gasteiger partial charge in [0.1, 0.15) is 17.1 Å². The van der Waals surface area contributed by atoms with Crippen LogP contribution in [0, 0.1) is 13.8 Å². The van der Waals surface area contributed by atoms with Gasteiger partial charge in [-0.05, 0) is 50.2 Å². The highest BCUT2D eigenvalue weighted by Crippen LogP contribution is 2.27. The number of hydrogen-bond donors (Lipinski definition) is 0. The molecule has 2 heterocycles. The van der Waals surface area contributed by atoms with E-state index in [0.717, 1.165) is 38.2 Å². The van der Waals surface area contributed by atoms with Crippen LogP contribution in [0.2, 0.25) is 0 Å². The van der Waals surface area contributed by atoms with Gasteiger partial charge in [-0.2, -0.15) is 0 Å². The molecule has 2 aromatic heterocycles. The molecular weight excluding hydrogens is 366 g/mol. The third kappa shape index (κ3) is 2.89. The van der Waals surface area contributed by atoms with Crippen molar-refractivity contribution in [3.8, 4) is 11.5 Å². The van der Waals surface area contributed by atoms with E-state index in [-0.39, 0.29) is 0 Å². The fourth-order valence-electron chi connectivity index (χ4n) is 2.81. The molecule has 0 radical (unpaired) electrons. The Balaban J connectivity index is 1.66. The highest BCUT2D eigenvalue weighted by Gasteiger charge is 2.14. The highest BCUT2D eigenvalue weighted by atomic mass is 79.9. The molecule has 4 aromatic rings. The van der Waals surface area contributed by atoms with Gasteiger partial charge in [-0.1, -0.05) is 33.6 Å². The first-order chi connectivity index (χ1) is 11.6. The van der Waals surface area contributed by atoms with Crippen molar-refractivity contribution < 1.29 is 8.83 Å². The Bertz CT molecular complexity index is 1030. The summed E-state index contributed by atoms with van der Waals surface area (Å²) in [6.07, 6.45) is 0.619. The second kappa shape index (κ2) is 5.95. The van der Waals surface area contributed by atoms with Gasteiger partial charge < -0.3 is 8.83 Å². The maximum atomic E-state index is 5.91. The monoisotopic (exact) mass is 381 g/mol. The van der Waals surface area contributed by atoms with E-state index in [0.29, 0.717) is 12.3 Å². The molecule has 0 unspecified atom stereocenters. The number of hydrogen-bond acceptors (Lipinski definition) is 3. The quantitative estimate of drug-likeness (QED) is 0.433. The number of halogens is 1.